The van der Waals surface area contributed by atoms with Gasteiger partial charge in [0.2, 0.25) is 0 Å². The summed E-state index contributed by atoms with van der Waals surface area (Å²) in [5.41, 5.74) is 1.80. The largest absolute Gasteiger partial charge is 0.441 e. The number of amides is 1. The predicted octanol–water partition coefficient (Wildman–Crippen LogP) is 3.23. The summed E-state index contributed by atoms with van der Waals surface area (Å²) < 4.78 is 5.45. The number of hydrogen-bond donors (Lipinski definition) is 2. The van der Waals surface area contributed by atoms with Crippen LogP contribution in [-0.4, -0.2) is 15.9 Å². The molecule has 0 aliphatic carbocycles. The molecule has 2 aromatic heterocycles. The van der Waals surface area contributed by atoms with Crippen LogP contribution in [0.25, 0.3) is 21.9 Å². The minimum absolute atomic E-state index is 0.201. The molecule has 0 unspecified atom stereocenters. The number of nitrogens with one attached hydrogen (secondary N) is 2. The predicted molar refractivity (Wildman–Crippen MR) is 91.3 cm³/mol. The van der Waals surface area contributed by atoms with Crippen LogP contribution in [0, 0.1) is 6.92 Å². The molecule has 0 radical (unpaired) electrons. The Morgan fingerprint density at radius 3 is 2.88 bits per heavy atom. The second-order valence-electron chi connectivity index (χ2n) is 5.47. The summed E-state index contributed by atoms with van der Waals surface area (Å²) in [7, 11) is 0. The molecule has 24 heavy (non-hydrogen) atoms. The lowest BCUT2D eigenvalue weighted by molar-refractivity contribution is 0.102. The minimum Gasteiger partial charge on any atom is -0.441 e. The number of H-pyrrole nitrogens is 1. The van der Waals surface area contributed by atoms with Crippen molar-refractivity contribution in [3.8, 4) is 0 Å². The number of carbonyl (C=O) groups is 1. The van der Waals surface area contributed by atoms with Crippen LogP contribution in [-0.2, 0) is 0 Å². The summed E-state index contributed by atoms with van der Waals surface area (Å²) in [4.78, 5) is 31.3. The first-order valence-corrected chi connectivity index (χ1v) is 7.41. The molecule has 0 bridgehead atoms. The zero-order valence-electron chi connectivity index (χ0n) is 12.8. The third-order valence-corrected chi connectivity index (χ3v) is 3.75. The van der Waals surface area contributed by atoms with Gasteiger partial charge in [-0.05, 0) is 29.7 Å². The molecule has 4 aromatic rings. The van der Waals surface area contributed by atoms with Crippen molar-refractivity contribution in [2.24, 2.45) is 0 Å². The molecule has 0 saturated heterocycles. The number of rotatable bonds is 2. The van der Waals surface area contributed by atoms with Gasteiger partial charge in [0.1, 0.15) is 11.2 Å². The van der Waals surface area contributed by atoms with Crippen molar-refractivity contribution < 1.29 is 9.21 Å². The van der Waals surface area contributed by atoms with Gasteiger partial charge in [-0.3, -0.25) is 9.59 Å². The highest BCUT2D eigenvalue weighted by molar-refractivity contribution is 6.05. The zero-order valence-corrected chi connectivity index (χ0v) is 12.8. The molecule has 0 aliphatic rings. The van der Waals surface area contributed by atoms with Gasteiger partial charge in [-0.15, -0.1) is 0 Å². The summed E-state index contributed by atoms with van der Waals surface area (Å²) in [5, 5.41) is 4.02. The monoisotopic (exact) mass is 319 g/mol. The lowest BCUT2D eigenvalue weighted by atomic mass is 10.1. The standard InChI is InChI=1S/C18H13N3O3/c1-10-19-14-7-6-12(9-16(14)24-10)20-18(23)15-8-11-4-2-3-5-13(11)17(22)21-15/h2-9H,1H3,(H,20,23)(H,21,22). The Labute approximate surface area is 136 Å². The van der Waals surface area contributed by atoms with Crippen LogP contribution in [0.15, 0.2) is 57.7 Å². The molecule has 6 heteroatoms. The molecule has 0 spiro atoms. The molecule has 0 fully saturated rings. The number of aromatic amines is 1. The topological polar surface area (TPSA) is 88.0 Å². The van der Waals surface area contributed by atoms with Crippen molar-refractivity contribution in [2.75, 3.05) is 5.32 Å². The van der Waals surface area contributed by atoms with E-state index in [1.165, 1.54) is 0 Å². The van der Waals surface area contributed by atoms with Gasteiger partial charge >= 0.3 is 0 Å². The van der Waals surface area contributed by atoms with Gasteiger partial charge in [0, 0.05) is 24.1 Å². The van der Waals surface area contributed by atoms with Crippen LogP contribution in [0.2, 0.25) is 0 Å². The number of benzene rings is 2. The third kappa shape index (κ3) is 2.44. The highest BCUT2D eigenvalue weighted by Gasteiger charge is 2.11. The van der Waals surface area contributed by atoms with E-state index >= 15 is 0 Å². The van der Waals surface area contributed by atoms with Crippen LogP contribution in [0.4, 0.5) is 5.69 Å². The van der Waals surface area contributed by atoms with Gasteiger partial charge in [-0.25, -0.2) is 4.98 Å². The van der Waals surface area contributed by atoms with E-state index < -0.39 is 5.91 Å². The molecule has 118 valence electrons. The molecule has 2 N–H and O–H groups in total. The smallest absolute Gasteiger partial charge is 0.272 e. The van der Waals surface area contributed by atoms with E-state index in [0.717, 1.165) is 5.52 Å². The molecule has 0 atom stereocenters. The van der Waals surface area contributed by atoms with Gasteiger partial charge in [0.05, 0.1) is 0 Å². The molecular formula is C18H13N3O3. The fraction of sp³-hybridized carbons (Fsp3) is 0.0556. The molecular weight excluding hydrogens is 306 g/mol. The van der Waals surface area contributed by atoms with Gasteiger partial charge in [-0.2, -0.15) is 0 Å². The minimum atomic E-state index is -0.395. The first kappa shape index (κ1) is 14.2. The van der Waals surface area contributed by atoms with Crippen LogP contribution in [0.3, 0.4) is 0 Å². The Morgan fingerprint density at radius 1 is 1.17 bits per heavy atom. The van der Waals surface area contributed by atoms with Gasteiger partial charge < -0.3 is 14.7 Å². The molecule has 2 aromatic carbocycles. The SMILES string of the molecule is Cc1nc2ccc(NC(=O)c3cc4ccccc4c(=O)[nH]3)cc2o1. The van der Waals surface area contributed by atoms with E-state index in [9.17, 15) is 9.59 Å². The van der Waals surface area contributed by atoms with Crippen LogP contribution >= 0.6 is 0 Å². The lowest BCUT2D eigenvalue weighted by Crippen LogP contribution is -2.18. The zero-order chi connectivity index (χ0) is 16.7. The third-order valence-electron chi connectivity index (χ3n) is 3.75. The molecule has 1 amide bonds. The quantitative estimate of drug-likeness (QED) is 0.594. The van der Waals surface area contributed by atoms with Gasteiger partial charge in [0.15, 0.2) is 11.5 Å². The number of hydrogen-bond acceptors (Lipinski definition) is 4. The maximum atomic E-state index is 12.4. The summed E-state index contributed by atoms with van der Waals surface area (Å²) in [6.07, 6.45) is 0. The fourth-order valence-electron chi connectivity index (χ4n) is 2.65. The van der Waals surface area contributed by atoms with E-state index in [4.69, 9.17) is 4.42 Å². The Morgan fingerprint density at radius 2 is 2.00 bits per heavy atom. The number of oxazole rings is 1. The average Bonchev–Trinajstić information content (AvgIpc) is 2.94. The van der Waals surface area contributed by atoms with E-state index in [2.05, 4.69) is 15.3 Å². The van der Waals surface area contributed by atoms with E-state index in [1.807, 2.05) is 6.07 Å². The lowest BCUT2D eigenvalue weighted by Gasteiger charge is -2.06. The Bertz CT molecular complexity index is 1140. The second kappa shape index (κ2) is 5.34. The average molecular weight is 319 g/mol. The van der Waals surface area contributed by atoms with E-state index in [0.29, 0.717) is 27.9 Å². The normalized spacial score (nSPS) is 11.0. The molecule has 0 aliphatic heterocycles. The van der Waals surface area contributed by atoms with E-state index in [-0.39, 0.29) is 11.3 Å². The number of fused-ring (bicyclic) bond motifs is 2. The van der Waals surface area contributed by atoms with Crippen LogP contribution < -0.4 is 10.9 Å². The van der Waals surface area contributed by atoms with Crippen molar-refractivity contribution in [1.82, 2.24) is 9.97 Å². The maximum absolute atomic E-state index is 12.4. The molecule has 6 nitrogen and oxygen atoms in total. The summed E-state index contributed by atoms with van der Waals surface area (Å²) in [6, 6.07) is 14.0. The Balaban J connectivity index is 1.68. The Kier molecular flexibility index (Phi) is 3.16. The highest BCUT2D eigenvalue weighted by Crippen LogP contribution is 2.20. The van der Waals surface area contributed by atoms with E-state index in [1.54, 1.807) is 49.4 Å². The van der Waals surface area contributed by atoms with Crippen molar-refractivity contribution in [3.05, 3.63) is 70.5 Å². The second-order valence-corrected chi connectivity index (χ2v) is 5.47. The summed E-state index contributed by atoms with van der Waals surface area (Å²) >= 11 is 0. The molecule has 0 saturated carbocycles. The van der Waals surface area contributed by atoms with Crippen LogP contribution in [0.1, 0.15) is 16.4 Å². The number of nitrogens with zero attached hydrogens (tertiary/aromatic N) is 1. The Hall–Kier alpha value is -3.41. The summed E-state index contributed by atoms with van der Waals surface area (Å²) in [5.74, 6) is 0.167. The van der Waals surface area contributed by atoms with Crippen molar-refractivity contribution >= 4 is 33.5 Å². The first-order valence-electron chi connectivity index (χ1n) is 7.41. The number of aryl methyl sites for hydroxylation is 1. The van der Waals surface area contributed by atoms with Gasteiger partial charge in [0.25, 0.3) is 11.5 Å². The number of anilines is 1. The number of pyridine rings is 1. The van der Waals surface area contributed by atoms with Crippen LogP contribution in [0.5, 0.6) is 0 Å². The fourth-order valence-corrected chi connectivity index (χ4v) is 2.65. The number of aromatic nitrogens is 2. The van der Waals surface area contributed by atoms with Crippen molar-refractivity contribution in [1.29, 1.82) is 0 Å². The van der Waals surface area contributed by atoms with Crippen molar-refractivity contribution in [3.63, 3.8) is 0 Å². The van der Waals surface area contributed by atoms with Gasteiger partial charge in [-0.1, -0.05) is 18.2 Å². The summed E-state index contributed by atoms with van der Waals surface area (Å²) in [6.45, 7) is 1.76. The molecule has 4 rings (SSSR count). The maximum Gasteiger partial charge on any atom is 0.272 e. The molecule has 2 heterocycles. The van der Waals surface area contributed by atoms with Crippen molar-refractivity contribution in [2.45, 2.75) is 6.92 Å². The number of carbonyl (C=O) groups excluding carboxylic acids is 1. The first-order chi connectivity index (χ1) is 11.6. The highest BCUT2D eigenvalue weighted by atomic mass is 16.3.